The van der Waals surface area contributed by atoms with E-state index < -0.39 is 18.5 Å². The van der Waals surface area contributed by atoms with Crippen molar-refractivity contribution in [3.8, 4) is 0 Å². The van der Waals surface area contributed by atoms with Crippen molar-refractivity contribution in [3.63, 3.8) is 0 Å². The number of carboxylic acid groups (broad SMARTS) is 1. The first kappa shape index (κ1) is 16.8. The molecular weight excluding hydrogens is 371 g/mol. The highest BCUT2D eigenvalue weighted by Gasteiger charge is 2.18. The molecule has 0 unspecified atom stereocenters. The third-order valence-corrected chi connectivity index (χ3v) is 3.26. The number of anilines is 1. The summed E-state index contributed by atoms with van der Waals surface area (Å²) >= 11 is 15.2. The van der Waals surface area contributed by atoms with Crippen LogP contribution in [0.15, 0.2) is 29.3 Å². The smallest absolute Gasteiger partial charge is 0.323 e. The number of rotatable bonds is 5. The van der Waals surface area contributed by atoms with Gasteiger partial charge in [-0.15, -0.1) is 6.58 Å². The Balaban J connectivity index is 2.93. The van der Waals surface area contributed by atoms with E-state index >= 15 is 0 Å². The molecule has 20 heavy (non-hydrogen) atoms. The van der Waals surface area contributed by atoms with Gasteiger partial charge in [0.2, 0.25) is 0 Å². The monoisotopic (exact) mass is 380 g/mol. The Morgan fingerprint density at radius 2 is 1.95 bits per heavy atom. The minimum Gasteiger partial charge on any atom is -0.480 e. The van der Waals surface area contributed by atoms with Crippen molar-refractivity contribution >= 4 is 56.8 Å². The summed E-state index contributed by atoms with van der Waals surface area (Å²) in [6.45, 7) is 3.10. The third kappa shape index (κ3) is 4.70. The fourth-order valence-corrected chi connectivity index (χ4v) is 2.69. The molecule has 8 heteroatoms. The van der Waals surface area contributed by atoms with Crippen LogP contribution in [0.5, 0.6) is 0 Å². The second kappa shape index (κ2) is 7.52. The number of amides is 2. The van der Waals surface area contributed by atoms with Crippen molar-refractivity contribution in [1.82, 2.24) is 4.90 Å². The molecule has 0 heterocycles. The average molecular weight is 382 g/mol. The van der Waals surface area contributed by atoms with E-state index in [1.165, 1.54) is 6.08 Å². The molecule has 108 valence electrons. The Morgan fingerprint density at radius 1 is 1.40 bits per heavy atom. The van der Waals surface area contributed by atoms with E-state index in [4.69, 9.17) is 28.3 Å². The molecule has 2 amide bonds. The first-order valence-corrected chi connectivity index (χ1v) is 6.93. The summed E-state index contributed by atoms with van der Waals surface area (Å²) in [5, 5.41) is 11.7. The van der Waals surface area contributed by atoms with Crippen molar-refractivity contribution in [1.29, 1.82) is 0 Å². The summed E-state index contributed by atoms with van der Waals surface area (Å²) in [5.41, 5.74) is 0.223. The fourth-order valence-electron chi connectivity index (χ4n) is 1.39. The number of benzene rings is 1. The lowest BCUT2D eigenvalue weighted by molar-refractivity contribution is -0.137. The topological polar surface area (TPSA) is 69.6 Å². The van der Waals surface area contributed by atoms with Gasteiger partial charge in [0, 0.05) is 11.0 Å². The molecule has 0 saturated heterocycles. The van der Waals surface area contributed by atoms with Crippen molar-refractivity contribution in [2.24, 2.45) is 0 Å². The minimum absolute atomic E-state index is 0.0872. The molecule has 0 bridgehead atoms. The van der Waals surface area contributed by atoms with Crippen LogP contribution in [0, 0.1) is 0 Å². The lowest BCUT2D eigenvalue weighted by Crippen LogP contribution is -2.38. The number of hydrogen-bond acceptors (Lipinski definition) is 2. The van der Waals surface area contributed by atoms with Crippen LogP contribution in [-0.4, -0.2) is 35.1 Å². The van der Waals surface area contributed by atoms with Crippen LogP contribution in [0.4, 0.5) is 10.5 Å². The number of carbonyl (C=O) groups excluding carboxylic acids is 1. The van der Waals surface area contributed by atoms with Crippen LogP contribution in [0.25, 0.3) is 0 Å². The van der Waals surface area contributed by atoms with Crippen LogP contribution in [0.2, 0.25) is 10.0 Å². The van der Waals surface area contributed by atoms with Gasteiger partial charge in [0.25, 0.3) is 0 Å². The molecule has 0 saturated carbocycles. The van der Waals surface area contributed by atoms with E-state index in [0.717, 1.165) is 4.90 Å². The van der Waals surface area contributed by atoms with Crippen molar-refractivity contribution in [3.05, 3.63) is 39.3 Å². The molecule has 0 aliphatic rings. The summed E-state index contributed by atoms with van der Waals surface area (Å²) in [7, 11) is 0. The molecular formula is C12H11BrCl2N2O3. The molecule has 0 aliphatic carbocycles. The number of carboxylic acids is 1. The Kier molecular flexibility index (Phi) is 6.32. The summed E-state index contributed by atoms with van der Waals surface area (Å²) in [5.74, 6) is -1.13. The lowest BCUT2D eigenvalue weighted by atomic mass is 10.3. The maximum Gasteiger partial charge on any atom is 0.323 e. The zero-order chi connectivity index (χ0) is 15.3. The molecule has 0 aromatic heterocycles. The van der Waals surface area contributed by atoms with E-state index in [1.807, 2.05) is 0 Å². The molecule has 0 spiro atoms. The number of carbonyl (C=O) groups is 2. The van der Waals surface area contributed by atoms with Crippen LogP contribution >= 0.6 is 39.1 Å². The first-order chi connectivity index (χ1) is 9.35. The van der Waals surface area contributed by atoms with Gasteiger partial charge in [0.15, 0.2) is 0 Å². The van der Waals surface area contributed by atoms with Crippen LogP contribution < -0.4 is 5.32 Å². The average Bonchev–Trinajstić information content (AvgIpc) is 2.32. The van der Waals surface area contributed by atoms with Gasteiger partial charge in [-0.2, -0.15) is 0 Å². The number of halogens is 3. The molecule has 0 fully saturated rings. The van der Waals surface area contributed by atoms with Crippen molar-refractivity contribution in [2.75, 3.05) is 18.4 Å². The molecule has 2 N–H and O–H groups in total. The highest BCUT2D eigenvalue weighted by molar-refractivity contribution is 9.10. The molecule has 1 aromatic rings. The summed E-state index contributed by atoms with van der Waals surface area (Å²) in [6, 6.07) is 2.51. The normalized spacial score (nSPS) is 9.95. The van der Waals surface area contributed by atoms with Gasteiger partial charge in [0.1, 0.15) is 6.54 Å². The number of urea groups is 1. The Labute approximate surface area is 134 Å². The predicted octanol–water partition coefficient (Wildman–Crippen LogP) is 3.86. The van der Waals surface area contributed by atoms with Gasteiger partial charge in [-0.05, 0) is 12.1 Å². The predicted molar refractivity (Wildman–Crippen MR) is 82.6 cm³/mol. The Hall–Kier alpha value is -1.24. The summed E-state index contributed by atoms with van der Waals surface area (Å²) < 4.78 is 0.666. The zero-order valence-corrected chi connectivity index (χ0v) is 13.3. The van der Waals surface area contributed by atoms with Gasteiger partial charge in [0.05, 0.1) is 15.7 Å². The maximum absolute atomic E-state index is 12.0. The van der Waals surface area contributed by atoms with Gasteiger partial charge >= 0.3 is 12.0 Å². The van der Waals surface area contributed by atoms with E-state index in [0.29, 0.717) is 4.47 Å². The summed E-state index contributed by atoms with van der Waals surface area (Å²) in [4.78, 5) is 23.8. The van der Waals surface area contributed by atoms with E-state index in [2.05, 4.69) is 27.8 Å². The van der Waals surface area contributed by atoms with E-state index in [9.17, 15) is 9.59 Å². The highest BCUT2D eigenvalue weighted by Crippen LogP contribution is 2.33. The van der Waals surface area contributed by atoms with Gasteiger partial charge in [-0.25, -0.2) is 4.79 Å². The van der Waals surface area contributed by atoms with Crippen molar-refractivity contribution < 1.29 is 14.7 Å². The Morgan fingerprint density at radius 3 is 2.40 bits per heavy atom. The highest BCUT2D eigenvalue weighted by atomic mass is 79.9. The van der Waals surface area contributed by atoms with Gasteiger partial charge < -0.3 is 15.3 Å². The fraction of sp³-hybridized carbons (Fsp3) is 0.167. The van der Waals surface area contributed by atoms with Gasteiger partial charge in [-0.3, -0.25) is 4.79 Å². The van der Waals surface area contributed by atoms with Crippen LogP contribution in [-0.2, 0) is 4.79 Å². The first-order valence-electron chi connectivity index (χ1n) is 5.38. The summed E-state index contributed by atoms with van der Waals surface area (Å²) in [6.07, 6.45) is 1.42. The molecule has 0 atom stereocenters. The molecule has 0 radical (unpaired) electrons. The number of aliphatic carboxylic acids is 1. The second-order valence-electron chi connectivity index (χ2n) is 3.74. The van der Waals surface area contributed by atoms with E-state index in [1.54, 1.807) is 12.1 Å². The zero-order valence-electron chi connectivity index (χ0n) is 10.2. The maximum atomic E-state index is 12.0. The molecule has 5 nitrogen and oxygen atoms in total. The largest absolute Gasteiger partial charge is 0.480 e. The number of hydrogen-bond donors (Lipinski definition) is 2. The molecule has 1 rings (SSSR count). The second-order valence-corrected chi connectivity index (χ2v) is 5.47. The lowest BCUT2D eigenvalue weighted by Gasteiger charge is -2.20. The SMILES string of the molecule is C=CCN(CC(=O)O)C(=O)Nc1c(Cl)cc(Br)cc1Cl. The number of nitrogens with zero attached hydrogens (tertiary/aromatic N) is 1. The van der Waals surface area contributed by atoms with E-state index in [-0.39, 0.29) is 22.3 Å². The van der Waals surface area contributed by atoms with Crippen molar-refractivity contribution in [2.45, 2.75) is 0 Å². The standard InChI is InChI=1S/C12H11BrCl2N2O3/c1-2-3-17(6-10(18)19)12(20)16-11-8(14)4-7(13)5-9(11)15/h2,4-5H,1,3,6H2,(H,16,20)(H,18,19). The van der Waals surface area contributed by atoms with Crippen LogP contribution in [0.3, 0.4) is 0 Å². The number of nitrogens with one attached hydrogen (secondary N) is 1. The quantitative estimate of drug-likeness (QED) is 0.760. The van der Waals surface area contributed by atoms with Crippen LogP contribution in [0.1, 0.15) is 0 Å². The third-order valence-electron chi connectivity index (χ3n) is 2.20. The Bertz CT molecular complexity index is 528. The molecule has 1 aromatic carbocycles. The van der Waals surface area contributed by atoms with Gasteiger partial charge in [-0.1, -0.05) is 45.2 Å². The minimum atomic E-state index is -1.13. The molecule has 0 aliphatic heterocycles.